The van der Waals surface area contributed by atoms with E-state index in [0.717, 1.165) is 22.6 Å². The number of pyridine rings is 1. The van der Waals surface area contributed by atoms with Gasteiger partial charge >= 0.3 is 0 Å². The van der Waals surface area contributed by atoms with Crippen LogP contribution < -0.4 is 4.74 Å². The molecule has 1 heterocycles. The van der Waals surface area contributed by atoms with Crippen molar-refractivity contribution >= 4 is 11.6 Å². The van der Waals surface area contributed by atoms with Crippen molar-refractivity contribution in [2.24, 2.45) is 0 Å². The molecule has 14 heavy (non-hydrogen) atoms. The average molecular weight is 216 g/mol. The van der Waals surface area contributed by atoms with E-state index in [9.17, 15) is 0 Å². The third-order valence-corrected chi connectivity index (χ3v) is 2.31. The Labute approximate surface area is 89.0 Å². The lowest BCUT2D eigenvalue weighted by atomic mass is 10.1. The van der Waals surface area contributed by atoms with Gasteiger partial charge in [0.2, 0.25) is 0 Å². The predicted molar refractivity (Wildman–Crippen MR) is 55.8 cm³/mol. The first-order valence-electron chi connectivity index (χ1n) is 4.30. The minimum absolute atomic E-state index is 0.408. The second-order valence-electron chi connectivity index (χ2n) is 2.95. The smallest absolute Gasteiger partial charge is 0.144 e. The Hall–Kier alpha value is -0.800. The molecule has 78 valence electrons. The van der Waals surface area contributed by atoms with E-state index < -0.39 is 0 Å². The summed E-state index contributed by atoms with van der Waals surface area (Å²) in [4.78, 5) is 4.21. The van der Waals surface area contributed by atoms with Crippen molar-refractivity contribution in [2.75, 3.05) is 14.2 Å². The zero-order valence-corrected chi connectivity index (χ0v) is 9.39. The maximum Gasteiger partial charge on any atom is 0.144 e. The minimum Gasteiger partial charge on any atom is -0.495 e. The van der Waals surface area contributed by atoms with E-state index in [4.69, 9.17) is 21.1 Å². The first kappa shape index (κ1) is 11.3. The molecule has 0 aliphatic carbocycles. The average Bonchev–Trinajstić information content (AvgIpc) is 2.20. The van der Waals surface area contributed by atoms with Crippen LogP contribution in [-0.4, -0.2) is 19.2 Å². The number of aromatic nitrogens is 1. The Balaban J connectivity index is 3.18. The van der Waals surface area contributed by atoms with E-state index in [0.29, 0.717) is 12.5 Å². The molecular formula is C10H14ClNO2. The van der Waals surface area contributed by atoms with Gasteiger partial charge in [0.15, 0.2) is 0 Å². The second kappa shape index (κ2) is 5.17. The van der Waals surface area contributed by atoms with Crippen LogP contribution >= 0.6 is 11.6 Å². The summed E-state index contributed by atoms with van der Waals surface area (Å²) in [6.45, 7) is 2.40. The summed E-state index contributed by atoms with van der Waals surface area (Å²) < 4.78 is 10.3. The van der Waals surface area contributed by atoms with Crippen LogP contribution in [0.4, 0.5) is 0 Å². The van der Waals surface area contributed by atoms with Gasteiger partial charge in [0.1, 0.15) is 5.75 Å². The van der Waals surface area contributed by atoms with Gasteiger partial charge in [0.25, 0.3) is 0 Å². The molecule has 1 aromatic heterocycles. The Morgan fingerprint density at radius 2 is 2.14 bits per heavy atom. The van der Waals surface area contributed by atoms with Crippen molar-refractivity contribution in [3.8, 4) is 5.75 Å². The van der Waals surface area contributed by atoms with Crippen LogP contribution in [0, 0.1) is 6.92 Å². The van der Waals surface area contributed by atoms with Gasteiger partial charge in [-0.2, -0.15) is 0 Å². The van der Waals surface area contributed by atoms with Gasteiger partial charge in [-0.3, -0.25) is 4.98 Å². The number of hydrogen-bond acceptors (Lipinski definition) is 3. The Kier molecular flexibility index (Phi) is 4.17. The Bertz CT molecular complexity index is 315. The monoisotopic (exact) mass is 215 g/mol. The van der Waals surface area contributed by atoms with Gasteiger partial charge in [-0.1, -0.05) is 0 Å². The number of hydrogen-bond donors (Lipinski definition) is 0. The summed E-state index contributed by atoms with van der Waals surface area (Å²) >= 11 is 5.86. The second-order valence-corrected chi connectivity index (χ2v) is 3.21. The lowest BCUT2D eigenvalue weighted by molar-refractivity contribution is 0.183. The molecule has 0 atom stereocenters. The zero-order chi connectivity index (χ0) is 10.6. The normalized spacial score (nSPS) is 10.3. The molecule has 0 aliphatic rings. The minimum atomic E-state index is 0.408. The maximum absolute atomic E-state index is 5.86. The van der Waals surface area contributed by atoms with Crippen LogP contribution in [0.5, 0.6) is 5.75 Å². The van der Waals surface area contributed by atoms with Gasteiger partial charge in [-0.05, 0) is 6.92 Å². The maximum atomic E-state index is 5.86. The third kappa shape index (κ3) is 2.16. The summed E-state index contributed by atoms with van der Waals surface area (Å²) in [5.41, 5.74) is 2.79. The Morgan fingerprint density at radius 3 is 2.64 bits per heavy atom. The van der Waals surface area contributed by atoms with Crippen molar-refractivity contribution in [1.29, 1.82) is 0 Å². The molecule has 0 amide bonds. The molecule has 0 saturated heterocycles. The van der Waals surface area contributed by atoms with Crippen LogP contribution in [0.2, 0.25) is 0 Å². The highest BCUT2D eigenvalue weighted by Crippen LogP contribution is 2.26. The number of aryl methyl sites for hydroxylation is 1. The summed E-state index contributed by atoms with van der Waals surface area (Å²) in [6, 6.07) is 0. The number of rotatable bonds is 4. The van der Waals surface area contributed by atoms with Crippen molar-refractivity contribution in [3.63, 3.8) is 0 Å². The molecule has 1 rings (SSSR count). The van der Waals surface area contributed by atoms with E-state index in [1.54, 1.807) is 20.4 Å². The molecule has 0 radical (unpaired) electrons. The fraction of sp³-hybridized carbons (Fsp3) is 0.500. The molecule has 3 nitrogen and oxygen atoms in total. The van der Waals surface area contributed by atoms with Crippen molar-refractivity contribution in [1.82, 2.24) is 4.98 Å². The molecule has 1 aromatic rings. The van der Waals surface area contributed by atoms with Crippen molar-refractivity contribution < 1.29 is 9.47 Å². The molecule has 0 saturated carbocycles. The van der Waals surface area contributed by atoms with Gasteiger partial charge < -0.3 is 9.47 Å². The van der Waals surface area contributed by atoms with Crippen LogP contribution in [0.1, 0.15) is 16.8 Å². The van der Waals surface area contributed by atoms with Gasteiger partial charge in [0.05, 0.1) is 25.3 Å². The van der Waals surface area contributed by atoms with Crippen molar-refractivity contribution in [2.45, 2.75) is 19.4 Å². The van der Waals surface area contributed by atoms with Gasteiger partial charge in [-0.25, -0.2) is 0 Å². The molecule has 0 N–H and O–H groups in total. The lowest BCUT2D eigenvalue weighted by Gasteiger charge is -2.12. The lowest BCUT2D eigenvalue weighted by Crippen LogP contribution is -2.02. The fourth-order valence-corrected chi connectivity index (χ4v) is 1.67. The quantitative estimate of drug-likeness (QED) is 0.723. The molecule has 4 heteroatoms. The number of methoxy groups -OCH3 is 2. The van der Waals surface area contributed by atoms with Gasteiger partial charge in [-0.15, -0.1) is 11.6 Å². The standard InChI is InChI=1S/C10H14ClNO2/c1-7-10(14-3)9(4-11)8(5-12-7)6-13-2/h5H,4,6H2,1-3H3. The largest absolute Gasteiger partial charge is 0.495 e. The van der Waals surface area contributed by atoms with Crippen LogP contribution in [0.15, 0.2) is 6.20 Å². The first-order chi connectivity index (χ1) is 6.74. The SMILES string of the molecule is COCc1cnc(C)c(OC)c1CCl. The fourth-order valence-electron chi connectivity index (χ4n) is 1.37. The predicted octanol–water partition coefficient (Wildman–Crippen LogP) is 2.28. The molecule has 0 aliphatic heterocycles. The third-order valence-electron chi connectivity index (χ3n) is 2.04. The molecule has 0 bridgehead atoms. The van der Waals surface area contributed by atoms with Crippen molar-refractivity contribution in [3.05, 3.63) is 23.0 Å². The Morgan fingerprint density at radius 1 is 1.43 bits per heavy atom. The number of alkyl halides is 1. The number of nitrogens with zero attached hydrogens (tertiary/aromatic N) is 1. The first-order valence-corrected chi connectivity index (χ1v) is 4.84. The van der Waals surface area contributed by atoms with E-state index >= 15 is 0 Å². The molecule has 0 fully saturated rings. The van der Waals surface area contributed by atoms with Gasteiger partial charge in [0, 0.05) is 24.4 Å². The molecule has 0 spiro atoms. The number of halogens is 1. The van der Waals surface area contributed by atoms with Crippen LogP contribution in [0.3, 0.4) is 0 Å². The van der Waals surface area contributed by atoms with E-state index in [1.807, 2.05) is 6.92 Å². The van der Waals surface area contributed by atoms with E-state index in [-0.39, 0.29) is 0 Å². The molecule has 0 aromatic carbocycles. The highest BCUT2D eigenvalue weighted by Gasteiger charge is 2.11. The number of ether oxygens (including phenoxy) is 2. The summed E-state index contributed by atoms with van der Waals surface area (Å²) in [6.07, 6.45) is 1.78. The summed E-state index contributed by atoms with van der Waals surface area (Å²) in [7, 11) is 3.26. The van der Waals surface area contributed by atoms with Crippen LogP contribution in [-0.2, 0) is 17.2 Å². The van der Waals surface area contributed by atoms with E-state index in [2.05, 4.69) is 4.98 Å². The highest BCUT2D eigenvalue weighted by atomic mass is 35.5. The molecular weight excluding hydrogens is 202 g/mol. The van der Waals surface area contributed by atoms with E-state index in [1.165, 1.54) is 0 Å². The molecule has 0 unspecified atom stereocenters. The summed E-state index contributed by atoms with van der Waals surface area (Å²) in [5.74, 6) is 1.17. The highest BCUT2D eigenvalue weighted by molar-refractivity contribution is 6.17. The zero-order valence-electron chi connectivity index (χ0n) is 8.63. The van der Waals surface area contributed by atoms with Crippen LogP contribution in [0.25, 0.3) is 0 Å². The summed E-state index contributed by atoms with van der Waals surface area (Å²) in [5, 5.41) is 0. The topological polar surface area (TPSA) is 31.4 Å².